The molecule has 0 aliphatic heterocycles. The zero-order valence-electron chi connectivity index (χ0n) is 11.2. The molecule has 0 heterocycles. The summed E-state index contributed by atoms with van der Waals surface area (Å²) >= 11 is 7.69. The molecular formula is C15H19BrO2S. The van der Waals surface area contributed by atoms with E-state index in [-0.39, 0.29) is 12.1 Å². The number of carbonyl (C=O) groups excluding carboxylic acids is 1. The summed E-state index contributed by atoms with van der Waals surface area (Å²) < 4.78 is 6.55. The molecule has 4 heteroatoms. The molecule has 1 aliphatic rings. The fraction of sp³-hybridized carbons (Fsp3) is 0.533. The Hall–Kier alpha value is -0.480. The fourth-order valence-corrected chi connectivity index (χ4v) is 3.70. The van der Waals surface area contributed by atoms with Crippen molar-refractivity contribution in [1.82, 2.24) is 0 Å². The van der Waals surface area contributed by atoms with Crippen molar-refractivity contribution in [2.45, 2.75) is 44.1 Å². The highest BCUT2D eigenvalue weighted by Gasteiger charge is 2.27. The molecule has 0 N–H and O–H groups in total. The van der Waals surface area contributed by atoms with Gasteiger partial charge >= 0.3 is 5.97 Å². The van der Waals surface area contributed by atoms with Crippen molar-refractivity contribution in [2.75, 3.05) is 0 Å². The van der Waals surface area contributed by atoms with Crippen LogP contribution in [0.25, 0.3) is 0 Å². The summed E-state index contributed by atoms with van der Waals surface area (Å²) in [5.41, 5.74) is 0.539. The third kappa shape index (κ3) is 3.99. The van der Waals surface area contributed by atoms with Crippen LogP contribution in [0, 0.1) is 11.8 Å². The molecular weight excluding hydrogens is 324 g/mol. The standard InChI is InChI=1S/C15H19BrO2S/c1-9-5-10(2)7-12(6-9)18-15(17)13-4-3-11(16)8-14(13)19/h3-4,8-10,12,19H,5-7H2,1-2H3. The van der Waals surface area contributed by atoms with Crippen LogP contribution in [-0.2, 0) is 4.74 Å². The first kappa shape index (κ1) is 14.9. The van der Waals surface area contributed by atoms with E-state index in [9.17, 15) is 4.79 Å². The van der Waals surface area contributed by atoms with Crippen molar-refractivity contribution in [3.05, 3.63) is 28.2 Å². The van der Waals surface area contributed by atoms with Crippen molar-refractivity contribution >= 4 is 34.5 Å². The van der Waals surface area contributed by atoms with Crippen LogP contribution in [0.4, 0.5) is 0 Å². The topological polar surface area (TPSA) is 26.3 Å². The SMILES string of the molecule is CC1CC(C)CC(OC(=O)c2ccc(Br)cc2S)C1. The smallest absolute Gasteiger partial charge is 0.339 e. The van der Waals surface area contributed by atoms with Crippen LogP contribution in [-0.4, -0.2) is 12.1 Å². The summed E-state index contributed by atoms with van der Waals surface area (Å²) in [6.45, 7) is 4.44. The van der Waals surface area contributed by atoms with Crippen LogP contribution >= 0.6 is 28.6 Å². The zero-order chi connectivity index (χ0) is 14.0. The van der Waals surface area contributed by atoms with Gasteiger partial charge in [-0.25, -0.2) is 4.79 Å². The van der Waals surface area contributed by atoms with Gasteiger partial charge in [0.15, 0.2) is 0 Å². The lowest BCUT2D eigenvalue weighted by Gasteiger charge is -2.31. The Labute approximate surface area is 128 Å². The molecule has 19 heavy (non-hydrogen) atoms. The molecule has 1 aromatic carbocycles. The van der Waals surface area contributed by atoms with E-state index in [1.807, 2.05) is 12.1 Å². The summed E-state index contributed by atoms with van der Waals surface area (Å²) in [5.74, 6) is 0.993. The normalized spacial score (nSPS) is 27.1. The number of ether oxygens (including phenoxy) is 1. The van der Waals surface area contributed by atoms with Crippen molar-refractivity contribution in [1.29, 1.82) is 0 Å². The molecule has 0 bridgehead atoms. The molecule has 1 aromatic rings. The van der Waals surface area contributed by atoms with Crippen LogP contribution in [0.2, 0.25) is 0 Å². The van der Waals surface area contributed by atoms with Gasteiger partial charge in [0, 0.05) is 9.37 Å². The second-order valence-corrected chi connectivity index (χ2v) is 7.00. The van der Waals surface area contributed by atoms with E-state index in [4.69, 9.17) is 4.74 Å². The molecule has 0 radical (unpaired) electrons. The van der Waals surface area contributed by atoms with Gasteiger partial charge in [-0.15, -0.1) is 12.6 Å². The number of carbonyl (C=O) groups is 1. The number of hydrogen-bond donors (Lipinski definition) is 1. The highest BCUT2D eigenvalue weighted by atomic mass is 79.9. The maximum Gasteiger partial charge on any atom is 0.339 e. The highest BCUT2D eigenvalue weighted by Crippen LogP contribution is 2.31. The highest BCUT2D eigenvalue weighted by molar-refractivity contribution is 9.10. The van der Waals surface area contributed by atoms with Crippen molar-refractivity contribution in [3.63, 3.8) is 0 Å². The zero-order valence-corrected chi connectivity index (χ0v) is 13.7. The van der Waals surface area contributed by atoms with Gasteiger partial charge in [-0.2, -0.15) is 0 Å². The van der Waals surface area contributed by atoms with Crippen LogP contribution in [0.3, 0.4) is 0 Å². The molecule has 104 valence electrons. The average molecular weight is 343 g/mol. The fourth-order valence-electron chi connectivity index (χ4n) is 2.86. The monoisotopic (exact) mass is 342 g/mol. The predicted octanol–water partition coefficient (Wildman–Crippen LogP) is 4.72. The van der Waals surface area contributed by atoms with Gasteiger partial charge in [-0.1, -0.05) is 29.8 Å². The van der Waals surface area contributed by atoms with Gasteiger partial charge in [0.05, 0.1) is 5.56 Å². The molecule has 2 atom stereocenters. The maximum absolute atomic E-state index is 12.2. The van der Waals surface area contributed by atoms with Gasteiger partial charge < -0.3 is 4.74 Å². The largest absolute Gasteiger partial charge is 0.459 e. The molecule has 2 rings (SSSR count). The van der Waals surface area contributed by atoms with E-state index in [0.717, 1.165) is 17.3 Å². The van der Waals surface area contributed by atoms with E-state index < -0.39 is 0 Å². The Morgan fingerprint density at radius 2 is 1.89 bits per heavy atom. The minimum atomic E-state index is -0.260. The van der Waals surface area contributed by atoms with E-state index in [1.165, 1.54) is 6.42 Å². The van der Waals surface area contributed by atoms with E-state index in [0.29, 0.717) is 22.3 Å². The van der Waals surface area contributed by atoms with Gasteiger partial charge in [0.25, 0.3) is 0 Å². The minimum Gasteiger partial charge on any atom is -0.459 e. The summed E-state index contributed by atoms with van der Waals surface area (Å²) in [6.07, 6.45) is 3.20. The Morgan fingerprint density at radius 1 is 1.26 bits per heavy atom. The summed E-state index contributed by atoms with van der Waals surface area (Å²) in [6, 6.07) is 5.40. The first-order valence-electron chi connectivity index (χ1n) is 6.65. The van der Waals surface area contributed by atoms with Gasteiger partial charge in [-0.3, -0.25) is 0 Å². The molecule has 0 amide bonds. The molecule has 0 spiro atoms. The van der Waals surface area contributed by atoms with Crippen molar-refractivity contribution in [3.8, 4) is 0 Å². The lowest BCUT2D eigenvalue weighted by atomic mass is 9.82. The Morgan fingerprint density at radius 3 is 2.47 bits per heavy atom. The van der Waals surface area contributed by atoms with Gasteiger partial charge in [0.1, 0.15) is 6.10 Å². The Balaban J connectivity index is 2.04. The van der Waals surface area contributed by atoms with Crippen LogP contribution in [0.15, 0.2) is 27.6 Å². The van der Waals surface area contributed by atoms with E-state index >= 15 is 0 Å². The third-order valence-corrected chi connectivity index (χ3v) is 4.45. The lowest BCUT2D eigenvalue weighted by Crippen LogP contribution is -2.28. The van der Waals surface area contributed by atoms with Crippen molar-refractivity contribution in [2.24, 2.45) is 11.8 Å². The molecule has 0 aromatic heterocycles. The molecule has 2 unspecified atom stereocenters. The number of benzene rings is 1. The molecule has 1 saturated carbocycles. The number of halogens is 1. The quantitative estimate of drug-likeness (QED) is 0.621. The molecule has 1 fully saturated rings. The predicted molar refractivity (Wildman–Crippen MR) is 82.8 cm³/mol. The molecule has 1 aliphatic carbocycles. The van der Waals surface area contributed by atoms with Gasteiger partial charge in [-0.05, 0) is 49.3 Å². The lowest BCUT2D eigenvalue weighted by molar-refractivity contribution is 0.00770. The number of rotatable bonds is 2. The van der Waals surface area contributed by atoms with E-state index in [1.54, 1.807) is 6.07 Å². The van der Waals surface area contributed by atoms with Gasteiger partial charge in [0.2, 0.25) is 0 Å². The summed E-state index contributed by atoms with van der Waals surface area (Å²) in [4.78, 5) is 12.8. The average Bonchev–Trinajstić information content (AvgIpc) is 2.26. The summed E-state index contributed by atoms with van der Waals surface area (Å²) in [5, 5.41) is 0. The van der Waals surface area contributed by atoms with Crippen LogP contribution < -0.4 is 0 Å². The van der Waals surface area contributed by atoms with E-state index in [2.05, 4.69) is 42.4 Å². The second kappa shape index (κ2) is 6.31. The van der Waals surface area contributed by atoms with Crippen molar-refractivity contribution < 1.29 is 9.53 Å². The number of hydrogen-bond acceptors (Lipinski definition) is 3. The maximum atomic E-state index is 12.2. The minimum absolute atomic E-state index is 0.0441. The molecule has 0 saturated heterocycles. The van der Waals surface area contributed by atoms with Crippen LogP contribution in [0.1, 0.15) is 43.5 Å². The summed E-state index contributed by atoms with van der Waals surface area (Å²) in [7, 11) is 0. The first-order valence-corrected chi connectivity index (χ1v) is 7.89. The van der Waals surface area contributed by atoms with Crippen LogP contribution in [0.5, 0.6) is 0 Å². The number of esters is 1. The second-order valence-electron chi connectivity index (χ2n) is 5.61. The Kier molecular flexibility index (Phi) is 4.96. The Bertz CT molecular complexity index is 465. The first-order chi connectivity index (χ1) is 8.95. The number of thiol groups is 1. The molecule has 2 nitrogen and oxygen atoms in total. The third-order valence-electron chi connectivity index (χ3n) is 3.59.